The number of halogens is 4. The van der Waals surface area contributed by atoms with E-state index in [1.54, 1.807) is 34.6 Å². The van der Waals surface area contributed by atoms with Crippen LogP contribution in [0.4, 0.5) is 23.2 Å². The molecule has 0 saturated heterocycles. The minimum atomic E-state index is -4.77. The maximum Gasteiger partial charge on any atom is 0.416 e. The fourth-order valence-corrected chi connectivity index (χ4v) is 5.77. The van der Waals surface area contributed by atoms with Gasteiger partial charge in [0.1, 0.15) is 18.4 Å². The molecule has 12 heteroatoms. The highest BCUT2D eigenvalue weighted by Crippen LogP contribution is 2.33. The Morgan fingerprint density at radius 1 is 0.930 bits per heavy atom. The second-order valence-corrected chi connectivity index (χ2v) is 13.0. The van der Waals surface area contributed by atoms with Crippen LogP contribution in [0.5, 0.6) is 0 Å². The summed E-state index contributed by atoms with van der Waals surface area (Å²) < 4.78 is 82.8. The number of benzene rings is 3. The van der Waals surface area contributed by atoms with Gasteiger partial charge in [0.05, 0.1) is 16.1 Å². The lowest BCUT2D eigenvalue weighted by Gasteiger charge is -2.35. The Bertz CT molecular complexity index is 1530. The summed E-state index contributed by atoms with van der Waals surface area (Å²) in [6.07, 6.45) is -4.63. The molecule has 3 aromatic rings. The maximum atomic E-state index is 14.0. The summed E-state index contributed by atoms with van der Waals surface area (Å²) >= 11 is 0. The Morgan fingerprint density at radius 2 is 1.53 bits per heavy atom. The van der Waals surface area contributed by atoms with E-state index in [1.165, 1.54) is 59.5 Å². The molecular weight excluding hydrogens is 586 g/mol. The zero-order valence-corrected chi connectivity index (χ0v) is 25.4. The molecule has 0 fully saturated rings. The Morgan fingerprint density at radius 3 is 2.07 bits per heavy atom. The molecule has 43 heavy (non-hydrogen) atoms. The zero-order chi connectivity index (χ0) is 32.2. The van der Waals surface area contributed by atoms with Gasteiger partial charge in [0, 0.05) is 12.1 Å². The molecule has 1 N–H and O–H groups in total. The number of nitrogens with one attached hydrogen (secondary N) is 1. The van der Waals surface area contributed by atoms with E-state index in [9.17, 15) is 35.6 Å². The Labute approximate surface area is 249 Å². The van der Waals surface area contributed by atoms with Gasteiger partial charge in [-0.25, -0.2) is 12.8 Å². The van der Waals surface area contributed by atoms with Gasteiger partial charge in [0.2, 0.25) is 11.8 Å². The summed E-state index contributed by atoms with van der Waals surface area (Å²) in [5, 5.41) is 2.82. The normalized spacial score (nSPS) is 12.9. The molecule has 0 aliphatic rings. The lowest BCUT2D eigenvalue weighted by atomic mass is 10.1. The molecule has 1 atom stereocenters. The van der Waals surface area contributed by atoms with Crippen molar-refractivity contribution in [1.82, 2.24) is 10.2 Å². The van der Waals surface area contributed by atoms with E-state index in [-0.39, 0.29) is 23.5 Å². The van der Waals surface area contributed by atoms with Gasteiger partial charge < -0.3 is 10.2 Å². The Balaban J connectivity index is 2.13. The zero-order valence-electron chi connectivity index (χ0n) is 24.6. The number of nitrogens with zero attached hydrogens (tertiary/aromatic N) is 2. The molecule has 7 nitrogen and oxygen atoms in total. The number of hydrogen-bond donors (Lipinski definition) is 1. The second kappa shape index (κ2) is 13.2. The summed E-state index contributed by atoms with van der Waals surface area (Å²) in [5.74, 6) is -1.86. The monoisotopic (exact) mass is 621 g/mol. The van der Waals surface area contributed by atoms with Crippen molar-refractivity contribution in [3.8, 4) is 0 Å². The molecule has 3 aromatic carbocycles. The van der Waals surface area contributed by atoms with Gasteiger partial charge in [0.15, 0.2) is 0 Å². The Hall–Kier alpha value is -3.93. The molecule has 0 aliphatic heterocycles. The van der Waals surface area contributed by atoms with Gasteiger partial charge >= 0.3 is 6.18 Å². The molecule has 232 valence electrons. The summed E-state index contributed by atoms with van der Waals surface area (Å²) in [6, 6.07) is 13.5. The van der Waals surface area contributed by atoms with Gasteiger partial charge in [-0.1, -0.05) is 42.8 Å². The van der Waals surface area contributed by atoms with Crippen LogP contribution in [0.1, 0.15) is 50.8 Å². The van der Waals surface area contributed by atoms with Gasteiger partial charge in [-0.2, -0.15) is 13.2 Å². The van der Waals surface area contributed by atoms with Crippen LogP contribution in [0.2, 0.25) is 0 Å². The van der Waals surface area contributed by atoms with Crippen molar-refractivity contribution in [1.29, 1.82) is 0 Å². The van der Waals surface area contributed by atoms with E-state index in [2.05, 4.69) is 5.32 Å². The van der Waals surface area contributed by atoms with E-state index < -0.39 is 57.5 Å². The lowest BCUT2D eigenvalue weighted by Crippen LogP contribution is -2.55. The third-order valence-electron chi connectivity index (χ3n) is 6.50. The van der Waals surface area contributed by atoms with Gasteiger partial charge in [-0.15, -0.1) is 0 Å². The van der Waals surface area contributed by atoms with Crippen LogP contribution in [-0.4, -0.2) is 43.3 Å². The van der Waals surface area contributed by atoms with Crippen molar-refractivity contribution in [2.75, 3.05) is 10.8 Å². The van der Waals surface area contributed by atoms with E-state index in [4.69, 9.17) is 0 Å². The van der Waals surface area contributed by atoms with Crippen molar-refractivity contribution < 1.29 is 35.6 Å². The summed E-state index contributed by atoms with van der Waals surface area (Å²) in [4.78, 5) is 28.3. The van der Waals surface area contributed by atoms with Gasteiger partial charge in [0.25, 0.3) is 10.0 Å². The fraction of sp³-hybridized carbons (Fsp3) is 0.355. The van der Waals surface area contributed by atoms with Crippen LogP contribution in [0.3, 0.4) is 0 Å². The van der Waals surface area contributed by atoms with Gasteiger partial charge in [-0.3, -0.25) is 13.9 Å². The molecule has 1 unspecified atom stereocenters. The van der Waals surface area contributed by atoms with Crippen LogP contribution in [0.25, 0.3) is 0 Å². The highest BCUT2D eigenvalue weighted by atomic mass is 32.2. The summed E-state index contributed by atoms with van der Waals surface area (Å²) in [6.45, 7) is 7.60. The lowest BCUT2D eigenvalue weighted by molar-refractivity contribution is -0.141. The Kier molecular flexibility index (Phi) is 10.3. The average Bonchev–Trinajstić information content (AvgIpc) is 2.91. The first-order valence-electron chi connectivity index (χ1n) is 13.5. The number of amides is 2. The quantitative estimate of drug-likeness (QED) is 0.279. The van der Waals surface area contributed by atoms with Crippen molar-refractivity contribution in [3.63, 3.8) is 0 Å². The molecule has 0 aromatic heterocycles. The van der Waals surface area contributed by atoms with Crippen molar-refractivity contribution >= 4 is 27.5 Å². The molecule has 0 bridgehead atoms. The largest absolute Gasteiger partial charge is 0.416 e. The first-order valence-corrected chi connectivity index (χ1v) is 15.0. The fourth-order valence-electron chi connectivity index (χ4n) is 4.36. The maximum absolute atomic E-state index is 14.0. The van der Waals surface area contributed by atoms with E-state index in [0.717, 1.165) is 17.7 Å². The highest BCUT2D eigenvalue weighted by molar-refractivity contribution is 7.92. The number of sulfonamides is 1. The first kappa shape index (κ1) is 33.6. The number of alkyl halides is 3. The number of carbonyl (C=O) groups excluding carboxylic acids is 2. The van der Waals surface area contributed by atoms with Crippen molar-refractivity contribution in [2.45, 2.75) is 70.2 Å². The van der Waals surface area contributed by atoms with E-state index in [1.807, 2.05) is 0 Å². The number of carbonyl (C=O) groups is 2. The van der Waals surface area contributed by atoms with Crippen LogP contribution in [-0.2, 0) is 32.3 Å². The average molecular weight is 622 g/mol. The van der Waals surface area contributed by atoms with Crippen molar-refractivity contribution in [3.05, 3.63) is 95.3 Å². The smallest absolute Gasteiger partial charge is 0.350 e. The molecule has 0 aliphatic carbocycles. The van der Waals surface area contributed by atoms with Gasteiger partial charge in [-0.05, 0) is 82.1 Å². The van der Waals surface area contributed by atoms with E-state index >= 15 is 0 Å². The van der Waals surface area contributed by atoms with Crippen LogP contribution in [0, 0.1) is 12.7 Å². The molecule has 3 rings (SSSR count). The SMILES string of the molecule is CCC(C(=O)NC(C)(C)C)N(Cc1ccc(F)cc1)C(=O)CN(c1cccc(C(F)(F)F)c1)S(=O)(=O)c1ccc(C)cc1. The second-order valence-electron chi connectivity index (χ2n) is 11.2. The first-order chi connectivity index (χ1) is 19.9. The predicted molar refractivity (Wildman–Crippen MR) is 156 cm³/mol. The predicted octanol–water partition coefficient (Wildman–Crippen LogP) is 6.07. The highest BCUT2D eigenvalue weighted by Gasteiger charge is 2.36. The molecule has 2 amide bonds. The van der Waals surface area contributed by atoms with Crippen LogP contribution in [0.15, 0.2) is 77.7 Å². The minimum Gasteiger partial charge on any atom is -0.350 e. The molecule has 0 saturated carbocycles. The number of hydrogen-bond acceptors (Lipinski definition) is 4. The molecule has 0 heterocycles. The topological polar surface area (TPSA) is 86.8 Å². The minimum absolute atomic E-state index is 0.142. The molecular formula is C31H35F4N3O4S. The molecule has 0 radical (unpaired) electrons. The van der Waals surface area contributed by atoms with E-state index in [0.29, 0.717) is 15.9 Å². The van der Waals surface area contributed by atoms with Crippen LogP contribution >= 0.6 is 0 Å². The molecule has 0 spiro atoms. The summed E-state index contributed by atoms with van der Waals surface area (Å²) in [5.41, 5.74) is -0.919. The number of rotatable bonds is 10. The number of anilines is 1. The van der Waals surface area contributed by atoms with Crippen LogP contribution < -0.4 is 9.62 Å². The third kappa shape index (κ3) is 8.79. The van der Waals surface area contributed by atoms with Crippen molar-refractivity contribution in [2.24, 2.45) is 0 Å². The number of aryl methyl sites for hydroxylation is 1. The third-order valence-corrected chi connectivity index (χ3v) is 8.29. The standard InChI is InChI=1S/C31H35F4N3O4S/c1-6-27(29(40)36-30(3,4)5)37(19-22-12-14-24(32)15-13-22)28(39)20-38(25-9-7-8-23(18-25)31(33,34)35)43(41,42)26-16-10-21(2)11-17-26/h7-18,27H,6,19-20H2,1-5H3,(H,36,40). The summed E-state index contributed by atoms with van der Waals surface area (Å²) in [7, 11) is -4.55.